The third-order valence-corrected chi connectivity index (χ3v) is 2.67. The molecule has 0 atom stereocenters. The van der Waals surface area contributed by atoms with Gasteiger partial charge in [-0.3, -0.25) is 14.9 Å². The van der Waals surface area contributed by atoms with Crippen LogP contribution >= 0.6 is 15.9 Å². The van der Waals surface area contributed by atoms with E-state index in [1.165, 1.54) is 6.07 Å². The third kappa shape index (κ3) is 2.20. The van der Waals surface area contributed by atoms with Crippen LogP contribution in [0.4, 0.5) is 10.1 Å². The molecule has 0 fully saturated rings. The van der Waals surface area contributed by atoms with Crippen molar-refractivity contribution in [3.8, 4) is 0 Å². The molecule has 0 unspecified atom stereocenters. The van der Waals surface area contributed by atoms with Gasteiger partial charge in [0.25, 0.3) is 0 Å². The summed E-state index contributed by atoms with van der Waals surface area (Å²) in [5.41, 5.74) is -0.570. The zero-order valence-corrected chi connectivity index (χ0v) is 9.38. The minimum atomic E-state index is -0.959. The van der Waals surface area contributed by atoms with E-state index in [2.05, 4.69) is 15.9 Å². The molecule has 80 valence electrons. The number of nitrogens with zero attached hydrogens (tertiary/aromatic N) is 1. The number of Topliss-reactive ketones (excluding diaryl/α,β-unsaturated/α-hetero) is 1. The first kappa shape index (κ1) is 11.8. The number of nitro benzene ring substituents is 1. The van der Waals surface area contributed by atoms with Gasteiger partial charge >= 0.3 is 5.69 Å². The Bertz CT molecular complexity index is 434. The van der Waals surface area contributed by atoms with Crippen LogP contribution in [-0.2, 0) is 0 Å². The fraction of sp³-hybridized carbons (Fsp3) is 0.222. The van der Waals surface area contributed by atoms with E-state index in [1.54, 1.807) is 6.92 Å². The van der Waals surface area contributed by atoms with Crippen molar-refractivity contribution in [3.63, 3.8) is 0 Å². The Labute approximate surface area is 93.4 Å². The number of carbonyl (C=O) groups excluding carboxylic acids is 1. The van der Waals surface area contributed by atoms with Crippen molar-refractivity contribution < 1.29 is 14.1 Å². The molecule has 0 aliphatic carbocycles. The van der Waals surface area contributed by atoms with Crippen molar-refractivity contribution in [2.45, 2.75) is 13.3 Å². The van der Waals surface area contributed by atoms with Crippen LogP contribution < -0.4 is 0 Å². The first-order valence-corrected chi connectivity index (χ1v) is 4.94. The lowest BCUT2D eigenvalue weighted by molar-refractivity contribution is -0.388. The van der Waals surface area contributed by atoms with Crippen LogP contribution in [0.2, 0.25) is 0 Å². The van der Waals surface area contributed by atoms with Crippen LogP contribution in [-0.4, -0.2) is 10.7 Å². The molecule has 15 heavy (non-hydrogen) atoms. The summed E-state index contributed by atoms with van der Waals surface area (Å²) in [5, 5.41) is 10.5. The SMILES string of the molecule is CCC(=O)c1ccc(F)c([N+](=O)[O-])c1Br. The van der Waals surface area contributed by atoms with E-state index in [4.69, 9.17) is 0 Å². The van der Waals surface area contributed by atoms with Gasteiger partial charge in [0.15, 0.2) is 5.78 Å². The monoisotopic (exact) mass is 275 g/mol. The first-order valence-electron chi connectivity index (χ1n) is 4.14. The molecule has 0 N–H and O–H groups in total. The summed E-state index contributed by atoms with van der Waals surface area (Å²) in [6.07, 6.45) is 0.210. The number of carbonyl (C=O) groups is 1. The number of hydrogen-bond donors (Lipinski definition) is 0. The fourth-order valence-electron chi connectivity index (χ4n) is 1.11. The molecule has 0 saturated heterocycles. The van der Waals surface area contributed by atoms with Gasteiger partial charge in [-0.2, -0.15) is 4.39 Å². The van der Waals surface area contributed by atoms with Gasteiger partial charge < -0.3 is 0 Å². The topological polar surface area (TPSA) is 60.2 Å². The van der Waals surface area contributed by atoms with Gasteiger partial charge in [0.2, 0.25) is 5.82 Å². The average molecular weight is 276 g/mol. The zero-order chi connectivity index (χ0) is 11.6. The molecule has 0 bridgehead atoms. The fourth-order valence-corrected chi connectivity index (χ4v) is 1.80. The molecule has 0 amide bonds. The molecule has 0 saturated carbocycles. The van der Waals surface area contributed by atoms with E-state index in [0.717, 1.165) is 6.07 Å². The second-order valence-corrected chi connectivity index (χ2v) is 3.58. The number of benzene rings is 1. The Morgan fingerprint density at radius 3 is 2.67 bits per heavy atom. The van der Waals surface area contributed by atoms with Crippen molar-refractivity contribution >= 4 is 27.4 Å². The lowest BCUT2D eigenvalue weighted by Gasteiger charge is -2.03. The van der Waals surface area contributed by atoms with Crippen molar-refractivity contribution in [1.29, 1.82) is 0 Å². The molecule has 1 rings (SSSR count). The number of ketones is 1. The number of rotatable bonds is 3. The summed E-state index contributed by atoms with van der Waals surface area (Å²) in [6, 6.07) is 2.16. The Morgan fingerprint density at radius 1 is 1.60 bits per heavy atom. The highest BCUT2D eigenvalue weighted by atomic mass is 79.9. The normalized spacial score (nSPS) is 10.1. The zero-order valence-electron chi connectivity index (χ0n) is 7.79. The molecular weight excluding hydrogens is 269 g/mol. The second-order valence-electron chi connectivity index (χ2n) is 2.79. The van der Waals surface area contributed by atoms with Crippen LogP contribution in [0.5, 0.6) is 0 Å². The molecule has 4 nitrogen and oxygen atoms in total. The van der Waals surface area contributed by atoms with Crippen molar-refractivity contribution in [3.05, 3.63) is 38.1 Å². The minimum absolute atomic E-state index is 0.0978. The molecule has 0 radical (unpaired) electrons. The van der Waals surface area contributed by atoms with Crippen LogP contribution in [0.15, 0.2) is 16.6 Å². The van der Waals surface area contributed by atoms with Crippen LogP contribution in [0.1, 0.15) is 23.7 Å². The standard InChI is InChI=1S/C9H7BrFNO3/c1-2-7(13)5-3-4-6(11)9(8(5)10)12(14)15/h3-4H,2H2,1H3. The largest absolute Gasteiger partial charge is 0.319 e. The molecule has 0 aromatic heterocycles. The molecule has 0 aliphatic rings. The maximum atomic E-state index is 13.1. The Morgan fingerprint density at radius 2 is 2.20 bits per heavy atom. The highest BCUT2D eigenvalue weighted by Gasteiger charge is 2.23. The third-order valence-electron chi connectivity index (χ3n) is 1.87. The summed E-state index contributed by atoms with van der Waals surface area (Å²) in [4.78, 5) is 21.0. The molecule has 1 aromatic carbocycles. The lowest BCUT2D eigenvalue weighted by Crippen LogP contribution is -2.02. The van der Waals surface area contributed by atoms with Gasteiger partial charge in [-0.25, -0.2) is 0 Å². The molecule has 0 heterocycles. The van der Waals surface area contributed by atoms with Gasteiger partial charge in [-0.1, -0.05) is 6.92 Å². The summed E-state index contributed by atoms with van der Waals surface area (Å²) in [5.74, 6) is -1.23. The molecular formula is C9H7BrFNO3. The molecule has 6 heteroatoms. The van der Waals surface area contributed by atoms with Crippen molar-refractivity contribution in [2.24, 2.45) is 0 Å². The van der Waals surface area contributed by atoms with E-state index < -0.39 is 16.4 Å². The van der Waals surface area contributed by atoms with Gasteiger partial charge in [0, 0.05) is 12.0 Å². The van der Waals surface area contributed by atoms with Crippen LogP contribution in [0.3, 0.4) is 0 Å². The smallest absolute Gasteiger partial charge is 0.294 e. The second kappa shape index (κ2) is 4.48. The highest BCUT2D eigenvalue weighted by molar-refractivity contribution is 9.10. The predicted octanol–water partition coefficient (Wildman–Crippen LogP) is 3.09. The first-order chi connectivity index (χ1) is 6.99. The predicted molar refractivity (Wildman–Crippen MR) is 55.4 cm³/mol. The Balaban J connectivity index is 3.41. The number of hydrogen-bond acceptors (Lipinski definition) is 3. The number of nitro groups is 1. The molecule has 1 aromatic rings. The maximum Gasteiger partial charge on any atom is 0.319 e. The minimum Gasteiger partial charge on any atom is -0.294 e. The van der Waals surface area contributed by atoms with E-state index in [1.807, 2.05) is 0 Å². The van der Waals surface area contributed by atoms with Crippen LogP contribution in [0.25, 0.3) is 0 Å². The van der Waals surface area contributed by atoms with Crippen molar-refractivity contribution in [2.75, 3.05) is 0 Å². The van der Waals surface area contributed by atoms with Gasteiger partial charge in [0.1, 0.15) is 4.47 Å². The van der Waals surface area contributed by atoms with E-state index in [0.29, 0.717) is 0 Å². The Kier molecular flexibility index (Phi) is 3.52. The van der Waals surface area contributed by atoms with Gasteiger partial charge in [0.05, 0.1) is 4.92 Å². The van der Waals surface area contributed by atoms with E-state index in [-0.39, 0.29) is 22.2 Å². The quantitative estimate of drug-likeness (QED) is 0.484. The summed E-state index contributed by atoms with van der Waals surface area (Å²) in [7, 11) is 0. The molecule has 0 aliphatic heterocycles. The maximum absolute atomic E-state index is 13.1. The van der Waals surface area contributed by atoms with Crippen molar-refractivity contribution in [1.82, 2.24) is 0 Å². The molecule has 0 spiro atoms. The van der Waals surface area contributed by atoms with Gasteiger partial charge in [-0.05, 0) is 28.1 Å². The van der Waals surface area contributed by atoms with E-state index >= 15 is 0 Å². The Hall–Kier alpha value is -1.30. The van der Waals surface area contributed by atoms with E-state index in [9.17, 15) is 19.3 Å². The highest BCUT2D eigenvalue weighted by Crippen LogP contribution is 2.31. The lowest BCUT2D eigenvalue weighted by atomic mass is 10.1. The van der Waals surface area contributed by atoms with Crippen LogP contribution in [0, 0.1) is 15.9 Å². The number of halogens is 2. The summed E-state index contributed by atoms with van der Waals surface area (Å²) in [6.45, 7) is 1.63. The van der Waals surface area contributed by atoms with Gasteiger partial charge in [-0.15, -0.1) is 0 Å². The summed E-state index contributed by atoms with van der Waals surface area (Å²) < 4.78 is 13.0. The average Bonchev–Trinajstić information content (AvgIpc) is 2.16. The summed E-state index contributed by atoms with van der Waals surface area (Å²) >= 11 is 2.87.